The Hall–Kier alpha value is -1.22. The molecule has 2 N–H and O–H groups in total. The number of nitrogens with zero attached hydrogens (tertiary/aromatic N) is 2. The van der Waals surface area contributed by atoms with Gasteiger partial charge in [-0.2, -0.15) is 11.8 Å². The van der Waals surface area contributed by atoms with Crippen LogP contribution in [-0.2, 0) is 16.1 Å². The molecule has 1 saturated heterocycles. The summed E-state index contributed by atoms with van der Waals surface area (Å²) in [5.41, 5.74) is 1.30. The molecule has 2 amide bonds. The number of likely N-dealkylation sites (N-methyl/N-ethyl adjacent to an activating group) is 1. The number of benzene rings is 1. The zero-order chi connectivity index (χ0) is 24.2. The van der Waals surface area contributed by atoms with E-state index in [2.05, 4.69) is 39.8 Å². The predicted molar refractivity (Wildman–Crippen MR) is 145 cm³/mol. The fourth-order valence-corrected chi connectivity index (χ4v) is 6.50. The second-order valence-electron chi connectivity index (χ2n) is 9.63. The van der Waals surface area contributed by atoms with Gasteiger partial charge >= 0.3 is 0 Å². The van der Waals surface area contributed by atoms with Gasteiger partial charge in [-0.05, 0) is 42.8 Å². The molecule has 2 aliphatic rings. The van der Waals surface area contributed by atoms with Crippen LogP contribution in [0.5, 0.6) is 0 Å². The van der Waals surface area contributed by atoms with E-state index in [1.807, 2.05) is 36.0 Å². The summed E-state index contributed by atoms with van der Waals surface area (Å²) in [5.74, 6) is 3.16. The minimum atomic E-state index is -0.467. The lowest BCUT2D eigenvalue weighted by Crippen LogP contribution is -2.53. The summed E-state index contributed by atoms with van der Waals surface area (Å²) in [6, 6.07) is 10.2. The molecule has 2 fully saturated rings. The number of carbonyl (C=O) groups excluding carboxylic acids is 2. The lowest BCUT2D eigenvalue weighted by atomic mass is 9.91. The second-order valence-corrected chi connectivity index (χ2v) is 11.6. The van der Waals surface area contributed by atoms with Crippen LogP contribution in [0.3, 0.4) is 0 Å². The summed E-state index contributed by atoms with van der Waals surface area (Å²) in [7, 11) is 1.91. The standard InChI is InChI=1S/C26H42N4O2S2/c1-29(23-13-14-30(17-23)16-21-9-5-3-6-10-21)26(32)24(28-25(31)15-27-20-33-2)19-34-18-22-11-7-4-8-12-22/h3,5-6,9-10,22-24,27H,4,7-8,11-20H2,1-2H3,(H,28,31). The Morgan fingerprint density at radius 1 is 1.15 bits per heavy atom. The Balaban J connectivity index is 1.53. The van der Waals surface area contributed by atoms with Gasteiger partial charge in [0.2, 0.25) is 11.8 Å². The number of amides is 2. The molecule has 190 valence electrons. The molecule has 0 bridgehead atoms. The highest BCUT2D eigenvalue weighted by Crippen LogP contribution is 2.27. The summed E-state index contributed by atoms with van der Waals surface area (Å²) < 4.78 is 0. The monoisotopic (exact) mass is 506 g/mol. The molecular formula is C26H42N4O2S2. The van der Waals surface area contributed by atoms with Crippen LogP contribution >= 0.6 is 23.5 Å². The van der Waals surface area contributed by atoms with Gasteiger partial charge in [0.1, 0.15) is 6.04 Å². The van der Waals surface area contributed by atoms with Gasteiger partial charge in [0.15, 0.2) is 0 Å². The zero-order valence-electron chi connectivity index (χ0n) is 20.8. The third-order valence-electron chi connectivity index (χ3n) is 6.92. The summed E-state index contributed by atoms with van der Waals surface area (Å²) >= 11 is 3.48. The number of carbonyl (C=O) groups is 2. The van der Waals surface area contributed by atoms with Crippen molar-refractivity contribution >= 4 is 35.3 Å². The van der Waals surface area contributed by atoms with Crippen molar-refractivity contribution < 1.29 is 9.59 Å². The van der Waals surface area contributed by atoms with Crippen LogP contribution in [0.15, 0.2) is 30.3 Å². The highest BCUT2D eigenvalue weighted by Gasteiger charge is 2.32. The normalized spacial score (nSPS) is 20.2. The second kappa shape index (κ2) is 15.0. The smallest absolute Gasteiger partial charge is 0.246 e. The first-order chi connectivity index (χ1) is 16.6. The Morgan fingerprint density at radius 3 is 2.65 bits per heavy atom. The highest BCUT2D eigenvalue weighted by molar-refractivity contribution is 7.99. The average molecular weight is 507 g/mol. The maximum Gasteiger partial charge on any atom is 0.246 e. The first-order valence-electron chi connectivity index (χ1n) is 12.7. The third kappa shape index (κ3) is 9.10. The van der Waals surface area contributed by atoms with Crippen LogP contribution in [0.1, 0.15) is 44.1 Å². The minimum absolute atomic E-state index is 0.0425. The van der Waals surface area contributed by atoms with Gasteiger partial charge in [0.25, 0.3) is 0 Å². The first-order valence-corrected chi connectivity index (χ1v) is 15.2. The molecule has 1 aliphatic heterocycles. The van der Waals surface area contributed by atoms with E-state index in [0.29, 0.717) is 5.75 Å². The lowest BCUT2D eigenvalue weighted by Gasteiger charge is -2.30. The van der Waals surface area contributed by atoms with Gasteiger partial charge < -0.3 is 10.2 Å². The SMILES string of the molecule is CSCNCC(=O)NC(CSCC1CCCCC1)C(=O)N(C)C1CCN(Cc2ccccc2)C1. The summed E-state index contributed by atoms with van der Waals surface area (Å²) in [5, 5.41) is 6.15. The molecule has 0 aromatic heterocycles. The van der Waals surface area contributed by atoms with E-state index in [1.165, 1.54) is 37.7 Å². The van der Waals surface area contributed by atoms with E-state index in [-0.39, 0.29) is 24.4 Å². The van der Waals surface area contributed by atoms with Crippen LogP contribution in [0, 0.1) is 5.92 Å². The highest BCUT2D eigenvalue weighted by atomic mass is 32.2. The van der Waals surface area contributed by atoms with E-state index in [9.17, 15) is 9.59 Å². The number of thioether (sulfide) groups is 2. The van der Waals surface area contributed by atoms with Crippen LogP contribution in [0.25, 0.3) is 0 Å². The Bertz CT molecular complexity index is 746. The van der Waals surface area contributed by atoms with Gasteiger partial charge in [-0.3, -0.25) is 19.8 Å². The van der Waals surface area contributed by atoms with E-state index >= 15 is 0 Å². The largest absolute Gasteiger partial charge is 0.342 e. The lowest BCUT2D eigenvalue weighted by molar-refractivity contribution is -0.136. The van der Waals surface area contributed by atoms with Gasteiger partial charge in [-0.15, -0.1) is 11.8 Å². The number of hydrogen-bond donors (Lipinski definition) is 2. The summed E-state index contributed by atoms with van der Waals surface area (Å²) in [6.45, 7) is 3.03. The maximum absolute atomic E-state index is 13.5. The molecule has 8 heteroatoms. The fourth-order valence-electron chi connectivity index (χ4n) is 4.93. The van der Waals surface area contributed by atoms with Crippen LogP contribution in [0.2, 0.25) is 0 Å². The van der Waals surface area contributed by atoms with Gasteiger partial charge in [0.05, 0.1) is 6.54 Å². The third-order valence-corrected chi connectivity index (χ3v) is 8.69. The molecule has 1 aliphatic carbocycles. The topological polar surface area (TPSA) is 64.7 Å². The van der Waals surface area contributed by atoms with Gasteiger partial charge in [0, 0.05) is 44.4 Å². The Kier molecular flexibility index (Phi) is 12.1. The molecule has 2 atom stereocenters. The van der Waals surface area contributed by atoms with Crippen molar-refractivity contribution in [3.63, 3.8) is 0 Å². The number of hydrogen-bond acceptors (Lipinski definition) is 6. The van der Waals surface area contributed by atoms with Crippen molar-refractivity contribution in [3.8, 4) is 0 Å². The molecule has 1 aromatic rings. The quantitative estimate of drug-likeness (QED) is 0.316. The molecule has 6 nitrogen and oxygen atoms in total. The van der Waals surface area contributed by atoms with Crippen LogP contribution in [-0.4, -0.2) is 84.0 Å². The Labute approximate surface area is 214 Å². The molecule has 0 radical (unpaired) electrons. The van der Waals surface area contributed by atoms with E-state index in [4.69, 9.17) is 0 Å². The molecule has 3 rings (SSSR count). The average Bonchev–Trinajstić information content (AvgIpc) is 3.32. The summed E-state index contributed by atoms with van der Waals surface area (Å²) in [4.78, 5) is 30.3. The van der Waals surface area contributed by atoms with Crippen molar-refractivity contribution in [1.82, 2.24) is 20.4 Å². The Morgan fingerprint density at radius 2 is 1.91 bits per heavy atom. The number of rotatable bonds is 13. The minimum Gasteiger partial charge on any atom is -0.342 e. The van der Waals surface area contributed by atoms with E-state index in [1.54, 1.807) is 11.8 Å². The summed E-state index contributed by atoms with van der Waals surface area (Å²) in [6.07, 6.45) is 9.59. The van der Waals surface area contributed by atoms with Crippen molar-refractivity contribution in [3.05, 3.63) is 35.9 Å². The zero-order valence-corrected chi connectivity index (χ0v) is 22.5. The molecule has 1 saturated carbocycles. The molecule has 34 heavy (non-hydrogen) atoms. The van der Waals surface area contributed by atoms with Crippen molar-refractivity contribution in [1.29, 1.82) is 0 Å². The maximum atomic E-state index is 13.5. The van der Waals surface area contributed by atoms with Crippen molar-refractivity contribution in [2.75, 3.05) is 50.3 Å². The molecule has 2 unspecified atom stereocenters. The van der Waals surface area contributed by atoms with Crippen LogP contribution in [0.4, 0.5) is 0 Å². The van der Waals surface area contributed by atoms with E-state index in [0.717, 1.165) is 43.6 Å². The van der Waals surface area contributed by atoms with Crippen molar-refractivity contribution in [2.45, 2.75) is 57.2 Å². The fraction of sp³-hybridized carbons (Fsp3) is 0.692. The van der Waals surface area contributed by atoms with E-state index < -0.39 is 6.04 Å². The van der Waals surface area contributed by atoms with Gasteiger partial charge in [-0.1, -0.05) is 49.6 Å². The van der Waals surface area contributed by atoms with Gasteiger partial charge in [-0.25, -0.2) is 0 Å². The van der Waals surface area contributed by atoms with Crippen molar-refractivity contribution in [2.24, 2.45) is 5.92 Å². The molecule has 1 aromatic carbocycles. The molecule has 1 heterocycles. The number of likely N-dealkylation sites (tertiary alicyclic amines) is 1. The first kappa shape index (κ1) is 27.4. The predicted octanol–water partition coefficient (Wildman–Crippen LogP) is 3.43. The molecular weight excluding hydrogens is 464 g/mol. The molecule has 0 spiro atoms. The van der Waals surface area contributed by atoms with Crippen LogP contribution < -0.4 is 10.6 Å². The number of nitrogens with one attached hydrogen (secondary N) is 2.